The molecule has 2 amide bonds. The molecule has 2 bridgehead atoms. The molecule has 6 heteroatoms. The van der Waals surface area contributed by atoms with Crippen LogP contribution < -0.4 is 4.90 Å². The van der Waals surface area contributed by atoms with Gasteiger partial charge in [-0.2, -0.15) is 0 Å². The van der Waals surface area contributed by atoms with Crippen LogP contribution in [0.5, 0.6) is 0 Å². The van der Waals surface area contributed by atoms with Gasteiger partial charge < -0.3 is 0 Å². The van der Waals surface area contributed by atoms with Crippen molar-refractivity contribution >= 4 is 23.2 Å². The fourth-order valence-electron chi connectivity index (χ4n) is 6.53. The molecule has 1 fully saturated rings. The average Bonchev–Trinajstić information content (AvgIpc) is 3.10. The molecule has 1 heterocycles. The third-order valence-corrected chi connectivity index (χ3v) is 7.65. The molecule has 3 aliphatic carbocycles. The minimum Gasteiger partial charge on any atom is -0.274 e. The van der Waals surface area contributed by atoms with Gasteiger partial charge in [-0.15, -0.1) is 0 Å². The number of benzene rings is 3. The second-order valence-electron chi connectivity index (χ2n) is 8.77. The Morgan fingerprint density at radius 1 is 0.906 bits per heavy atom. The third kappa shape index (κ3) is 2.09. The molecule has 32 heavy (non-hydrogen) atoms. The number of carbonyl (C=O) groups excluding carboxylic acids is 2. The van der Waals surface area contributed by atoms with E-state index in [9.17, 15) is 19.7 Å². The topological polar surface area (TPSA) is 80.5 Å². The van der Waals surface area contributed by atoms with Crippen molar-refractivity contribution in [1.82, 2.24) is 0 Å². The molecule has 3 aromatic rings. The van der Waals surface area contributed by atoms with Gasteiger partial charge in [0, 0.05) is 23.5 Å². The van der Waals surface area contributed by atoms with Crippen molar-refractivity contribution in [3.8, 4) is 0 Å². The van der Waals surface area contributed by atoms with Gasteiger partial charge in [-0.3, -0.25) is 19.7 Å². The highest BCUT2D eigenvalue weighted by Crippen LogP contribution is 2.65. The largest absolute Gasteiger partial charge is 0.274 e. The summed E-state index contributed by atoms with van der Waals surface area (Å²) in [6.45, 7) is 2.07. The smallest absolute Gasteiger partial charge is 0.271 e. The summed E-state index contributed by atoms with van der Waals surface area (Å²) in [5, 5.41) is 11.3. The van der Waals surface area contributed by atoms with E-state index in [2.05, 4.69) is 31.2 Å². The normalized spacial score (nSPS) is 27.2. The van der Waals surface area contributed by atoms with E-state index >= 15 is 0 Å². The summed E-state index contributed by atoms with van der Waals surface area (Å²) in [7, 11) is 0. The molecule has 0 unspecified atom stereocenters. The van der Waals surface area contributed by atoms with Crippen LogP contribution in [-0.2, 0) is 15.0 Å². The average molecular weight is 424 g/mol. The van der Waals surface area contributed by atoms with Gasteiger partial charge in [0.15, 0.2) is 0 Å². The molecule has 0 aromatic heterocycles. The first-order valence-corrected chi connectivity index (χ1v) is 10.8. The maximum absolute atomic E-state index is 13.9. The number of nitro groups is 1. The Kier molecular flexibility index (Phi) is 3.76. The van der Waals surface area contributed by atoms with E-state index in [1.54, 1.807) is 6.07 Å². The summed E-state index contributed by atoms with van der Waals surface area (Å²) in [6.07, 6.45) is 0.677. The quantitative estimate of drug-likeness (QED) is 0.351. The molecule has 7 rings (SSSR count). The van der Waals surface area contributed by atoms with Gasteiger partial charge in [0.25, 0.3) is 5.69 Å². The Hall–Kier alpha value is -3.80. The fraction of sp³-hybridized carbons (Fsp3) is 0.231. The lowest BCUT2D eigenvalue weighted by Gasteiger charge is -2.54. The highest BCUT2D eigenvalue weighted by molar-refractivity contribution is 6.23. The van der Waals surface area contributed by atoms with Crippen LogP contribution >= 0.6 is 0 Å². The number of hydrogen-bond acceptors (Lipinski definition) is 4. The summed E-state index contributed by atoms with van der Waals surface area (Å²) in [6, 6.07) is 22.1. The number of rotatable bonds is 3. The van der Waals surface area contributed by atoms with Crippen molar-refractivity contribution in [2.75, 3.05) is 4.90 Å². The van der Waals surface area contributed by atoms with Gasteiger partial charge in [0.2, 0.25) is 11.8 Å². The SMILES string of the molecule is CCC12c3ccccc3C(c3ccccc31)[C@@H]1C(=O)N(c3cccc([N+](=O)[O-])c3)C(=O)[C@H]12. The van der Waals surface area contributed by atoms with Crippen LogP contribution in [0.4, 0.5) is 11.4 Å². The second-order valence-corrected chi connectivity index (χ2v) is 8.77. The van der Waals surface area contributed by atoms with Gasteiger partial charge in [0.1, 0.15) is 0 Å². The first-order valence-electron chi connectivity index (χ1n) is 10.8. The molecule has 0 saturated carbocycles. The summed E-state index contributed by atoms with van der Waals surface area (Å²) in [5.74, 6) is -1.80. The Labute approximate surface area is 184 Å². The van der Waals surface area contributed by atoms with E-state index in [0.29, 0.717) is 6.42 Å². The fourth-order valence-corrected chi connectivity index (χ4v) is 6.53. The van der Waals surface area contributed by atoms with Crippen molar-refractivity contribution in [2.24, 2.45) is 11.8 Å². The van der Waals surface area contributed by atoms with E-state index in [1.807, 2.05) is 24.3 Å². The highest BCUT2D eigenvalue weighted by atomic mass is 16.6. The predicted octanol–water partition coefficient (Wildman–Crippen LogP) is 4.56. The molecule has 3 aromatic carbocycles. The summed E-state index contributed by atoms with van der Waals surface area (Å²) < 4.78 is 0. The maximum atomic E-state index is 13.9. The van der Waals surface area contributed by atoms with E-state index in [0.717, 1.165) is 22.3 Å². The molecule has 6 nitrogen and oxygen atoms in total. The number of nitro benzene ring substituents is 1. The lowest BCUT2D eigenvalue weighted by molar-refractivity contribution is -0.384. The Bertz CT molecular complexity index is 1280. The zero-order chi connectivity index (χ0) is 22.2. The van der Waals surface area contributed by atoms with E-state index < -0.39 is 22.2 Å². The van der Waals surface area contributed by atoms with Crippen LogP contribution in [0.3, 0.4) is 0 Å². The molecule has 158 valence electrons. The maximum Gasteiger partial charge on any atom is 0.271 e. The Balaban J connectivity index is 1.61. The summed E-state index contributed by atoms with van der Waals surface area (Å²) in [4.78, 5) is 39.8. The molecular weight excluding hydrogens is 404 g/mol. The summed E-state index contributed by atoms with van der Waals surface area (Å²) in [5.41, 5.74) is 3.98. The molecule has 0 radical (unpaired) electrons. The van der Waals surface area contributed by atoms with E-state index in [-0.39, 0.29) is 29.1 Å². The number of anilines is 1. The van der Waals surface area contributed by atoms with Crippen LogP contribution in [0.1, 0.15) is 41.5 Å². The number of amides is 2. The second kappa shape index (κ2) is 6.36. The van der Waals surface area contributed by atoms with Gasteiger partial charge in [-0.05, 0) is 34.7 Å². The zero-order valence-electron chi connectivity index (χ0n) is 17.4. The van der Waals surface area contributed by atoms with Crippen LogP contribution in [0.2, 0.25) is 0 Å². The molecule has 2 atom stereocenters. The number of hydrogen-bond donors (Lipinski definition) is 0. The van der Waals surface area contributed by atoms with Crippen molar-refractivity contribution in [3.05, 3.63) is 105 Å². The third-order valence-electron chi connectivity index (χ3n) is 7.65. The van der Waals surface area contributed by atoms with E-state index in [4.69, 9.17) is 0 Å². The standard InChI is InChI=1S/C26H20N2O4/c1-2-26-19-12-5-3-10-17(19)21(18-11-4-6-13-20(18)26)22-23(26)25(30)27(24(22)29)15-8-7-9-16(14-15)28(31)32/h3-14,21-23H,2H2,1H3/t21?,22-,23-,26?/m0/s1. The molecule has 0 spiro atoms. The van der Waals surface area contributed by atoms with Crippen molar-refractivity contribution < 1.29 is 14.5 Å². The first-order chi connectivity index (χ1) is 15.5. The predicted molar refractivity (Wildman–Crippen MR) is 118 cm³/mol. The lowest BCUT2D eigenvalue weighted by atomic mass is 9.46. The van der Waals surface area contributed by atoms with Crippen LogP contribution in [0, 0.1) is 22.0 Å². The molecule has 1 saturated heterocycles. The van der Waals surface area contributed by atoms with Crippen LogP contribution in [-0.4, -0.2) is 16.7 Å². The van der Waals surface area contributed by atoms with Gasteiger partial charge in [-0.25, -0.2) is 4.90 Å². The van der Waals surface area contributed by atoms with Crippen molar-refractivity contribution in [1.29, 1.82) is 0 Å². The van der Waals surface area contributed by atoms with Gasteiger partial charge in [-0.1, -0.05) is 61.5 Å². The number of nitrogens with zero attached hydrogens (tertiary/aromatic N) is 2. The number of carbonyl (C=O) groups is 2. The minimum absolute atomic E-state index is 0.141. The van der Waals surface area contributed by atoms with Crippen LogP contribution in [0.15, 0.2) is 72.8 Å². The zero-order valence-corrected chi connectivity index (χ0v) is 17.4. The van der Waals surface area contributed by atoms with Gasteiger partial charge >= 0.3 is 0 Å². The first kappa shape index (κ1) is 18.9. The van der Waals surface area contributed by atoms with E-state index in [1.165, 1.54) is 23.1 Å². The highest BCUT2D eigenvalue weighted by Gasteiger charge is 2.67. The molecule has 4 aliphatic rings. The molecule has 0 N–H and O–H groups in total. The summed E-state index contributed by atoms with van der Waals surface area (Å²) >= 11 is 0. The Morgan fingerprint density at radius 3 is 2.12 bits per heavy atom. The van der Waals surface area contributed by atoms with Crippen LogP contribution in [0.25, 0.3) is 0 Å². The minimum atomic E-state index is -0.602. The molecular formula is C26H20N2O4. The lowest BCUT2D eigenvalue weighted by Crippen LogP contribution is -2.53. The number of imide groups is 1. The Morgan fingerprint density at radius 2 is 1.53 bits per heavy atom. The number of non-ortho nitro benzene ring substituents is 1. The van der Waals surface area contributed by atoms with Gasteiger partial charge in [0.05, 0.1) is 22.4 Å². The molecule has 1 aliphatic heterocycles. The monoisotopic (exact) mass is 424 g/mol. The van der Waals surface area contributed by atoms with Crippen molar-refractivity contribution in [3.63, 3.8) is 0 Å². The van der Waals surface area contributed by atoms with Crippen molar-refractivity contribution in [2.45, 2.75) is 24.7 Å².